The summed E-state index contributed by atoms with van der Waals surface area (Å²) < 4.78 is 18.8. The fourth-order valence-corrected chi connectivity index (χ4v) is 10.9. The topological polar surface area (TPSA) is 44.8 Å². The molecule has 0 N–H and O–H groups in total. The van der Waals surface area contributed by atoms with Crippen molar-refractivity contribution in [3.05, 3.63) is 61.2 Å². The van der Waals surface area contributed by atoms with Crippen molar-refractivity contribution in [1.82, 2.24) is 0 Å². The van der Waals surface area contributed by atoms with Crippen molar-refractivity contribution < 1.29 is 18.7 Å². The molecule has 0 radical (unpaired) electrons. The maximum Gasteiger partial charge on any atom is 0.306 e. The van der Waals surface area contributed by atoms with Gasteiger partial charge in [0.25, 0.3) is 0 Å². The van der Waals surface area contributed by atoms with Crippen LogP contribution in [0.5, 0.6) is 0 Å². The van der Waals surface area contributed by atoms with Gasteiger partial charge >= 0.3 is 5.97 Å². The quantitative estimate of drug-likeness (QED) is 0.115. The first kappa shape index (κ1) is 31.3. The summed E-state index contributed by atoms with van der Waals surface area (Å²) >= 11 is 0. The van der Waals surface area contributed by atoms with Gasteiger partial charge in [0, 0.05) is 12.8 Å². The third-order valence-corrected chi connectivity index (χ3v) is 13.0. The van der Waals surface area contributed by atoms with Crippen molar-refractivity contribution in [3.63, 3.8) is 0 Å². The Labute approximate surface area is 216 Å². The summed E-state index contributed by atoms with van der Waals surface area (Å²) in [5, 5.41) is 0. The van der Waals surface area contributed by atoms with Crippen LogP contribution in [0.2, 0.25) is 16.6 Å². The van der Waals surface area contributed by atoms with Crippen LogP contribution >= 0.6 is 0 Å². The van der Waals surface area contributed by atoms with Gasteiger partial charge in [-0.2, -0.15) is 0 Å². The molecule has 0 aliphatic carbocycles. The minimum atomic E-state index is -2.03. The molecule has 0 heterocycles. The Hall–Kier alpha value is -1.69. The molecule has 0 fully saturated rings. The first-order valence-corrected chi connectivity index (χ1v) is 15.4. The van der Waals surface area contributed by atoms with Gasteiger partial charge in [-0.15, -0.1) is 13.2 Å². The lowest BCUT2D eigenvalue weighted by Crippen LogP contribution is -2.50. The molecule has 0 spiro atoms. The van der Waals surface area contributed by atoms with Crippen LogP contribution in [0.1, 0.15) is 86.1 Å². The summed E-state index contributed by atoms with van der Waals surface area (Å²) in [6.07, 6.45) is 6.59. The summed E-state index contributed by atoms with van der Waals surface area (Å²) in [5.41, 5.74) is 2.64. The molecule has 35 heavy (non-hydrogen) atoms. The smallest absolute Gasteiger partial charge is 0.306 e. The van der Waals surface area contributed by atoms with Crippen LogP contribution in [0.3, 0.4) is 0 Å². The van der Waals surface area contributed by atoms with Crippen molar-refractivity contribution in [1.29, 1.82) is 0 Å². The molecule has 198 valence electrons. The normalized spacial score (nSPS) is 14.7. The number of carbonyl (C=O) groups is 1. The lowest BCUT2D eigenvalue weighted by Gasteiger charge is -2.45. The number of benzene rings is 1. The highest BCUT2D eigenvalue weighted by Gasteiger charge is 2.46. The van der Waals surface area contributed by atoms with Crippen molar-refractivity contribution in [2.24, 2.45) is 0 Å². The minimum absolute atomic E-state index is 0.0110. The first-order valence-electron chi connectivity index (χ1n) is 13.3. The molecule has 3 atom stereocenters. The van der Waals surface area contributed by atoms with Crippen LogP contribution < -0.4 is 0 Å². The Bertz CT molecular complexity index is 722. The van der Waals surface area contributed by atoms with Gasteiger partial charge in [-0.05, 0) is 48.4 Å². The lowest BCUT2D eigenvalue weighted by atomic mass is 10.1. The zero-order valence-electron chi connectivity index (χ0n) is 23.3. The van der Waals surface area contributed by atoms with E-state index in [9.17, 15) is 4.79 Å². The summed E-state index contributed by atoms with van der Waals surface area (Å²) in [5.74, 6) is -0.188. The maximum atomic E-state index is 12.6. The van der Waals surface area contributed by atoms with Gasteiger partial charge in [-0.3, -0.25) is 4.79 Å². The minimum Gasteiger partial charge on any atom is -0.463 e. The number of hydrogen-bond donors (Lipinski definition) is 0. The first-order chi connectivity index (χ1) is 16.6. The van der Waals surface area contributed by atoms with Crippen LogP contribution in [-0.2, 0) is 25.3 Å². The van der Waals surface area contributed by atoms with E-state index in [1.807, 2.05) is 49.4 Å². The van der Waals surface area contributed by atoms with Gasteiger partial charge < -0.3 is 13.9 Å². The molecule has 0 saturated heterocycles. The van der Waals surface area contributed by atoms with E-state index in [1.54, 1.807) is 0 Å². The van der Waals surface area contributed by atoms with E-state index in [-0.39, 0.29) is 24.3 Å². The number of esters is 1. The molecule has 1 rings (SSSR count). The summed E-state index contributed by atoms with van der Waals surface area (Å²) in [4.78, 5) is 12.6. The van der Waals surface area contributed by atoms with E-state index in [4.69, 9.17) is 13.9 Å². The average molecular weight is 503 g/mol. The van der Waals surface area contributed by atoms with E-state index in [0.717, 1.165) is 12.0 Å². The van der Waals surface area contributed by atoms with Crippen LogP contribution in [0, 0.1) is 0 Å². The predicted molar refractivity (Wildman–Crippen MR) is 150 cm³/mol. The number of hydrogen-bond acceptors (Lipinski definition) is 4. The number of ether oxygens (including phenoxy) is 2. The van der Waals surface area contributed by atoms with Crippen molar-refractivity contribution >= 4 is 14.3 Å². The second kappa shape index (κ2) is 16.1. The Morgan fingerprint density at radius 1 is 0.886 bits per heavy atom. The molecule has 0 aliphatic rings. The van der Waals surface area contributed by atoms with E-state index >= 15 is 0 Å². The van der Waals surface area contributed by atoms with Crippen LogP contribution in [0.25, 0.3) is 0 Å². The zero-order valence-corrected chi connectivity index (χ0v) is 24.3. The highest BCUT2D eigenvalue weighted by Crippen LogP contribution is 2.43. The molecule has 0 bridgehead atoms. The second-order valence-electron chi connectivity index (χ2n) is 10.6. The molecule has 0 aromatic heterocycles. The maximum absolute atomic E-state index is 12.6. The number of rotatable bonds is 18. The summed E-state index contributed by atoms with van der Waals surface area (Å²) in [6, 6.07) is 10.1. The van der Waals surface area contributed by atoms with Gasteiger partial charge in [0.15, 0.2) is 0 Å². The Balaban J connectivity index is 2.66. The molecular weight excluding hydrogens is 452 g/mol. The SMILES string of the molecule is C=CCC(CCC(=O)O[C@H](C)C[C@H](CC=C)O[Si](C(C)C)(C(C)C)C(C)C)OCc1ccccc1. The monoisotopic (exact) mass is 502 g/mol. The molecule has 1 aromatic rings. The fraction of sp³-hybridized carbons (Fsp3) is 0.633. The molecule has 0 saturated carbocycles. The summed E-state index contributed by atoms with van der Waals surface area (Å²) in [7, 11) is -2.03. The Morgan fingerprint density at radius 3 is 1.94 bits per heavy atom. The largest absolute Gasteiger partial charge is 0.463 e. The van der Waals surface area contributed by atoms with Gasteiger partial charge in [0.05, 0.1) is 18.8 Å². The van der Waals surface area contributed by atoms with Gasteiger partial charge in [-0.1, -0.05) is 84.0 Å². The lowest BCUT2D eigenvalue weighted by molar-refractivity contribution is -0.150. The summed E-state index contributed by atoms with van der Waals surface area (Å²) in [6.45, 7) is 24.0. The van der Waals surface area contributed by atoms with Crippen molar-refractivity contribution in [2.75, 3.05) is 0 Å². The third-order valence-electron chi connectivity index (χ3n) is 6.86. The van der Waals surface area contributed by atoms with Crippen LogP contribution in [0.4, 0.5) is 0 Å². The molecular formula is C30H50O4Si. The van der Waals surface area contributed by atoms with E-state index in [0.29, 0.717) is 48.9 Å². The van der Waals surface area contributed by atoms with Gasteiger partial charge in [0.1, 0.15) is 6.10 Å². The van der Waals surface area contributed by atoms with Gasteiger partial charge in [0.2, 0.25) is 8.32 Å². The zero-order chi connectivity index (χ0) is 26.4. The predicted octanol–water partition coefficient (Wildman–Crippen LogP) is 8.39. The van der Waals surface area contributed by atoms with Crippen molar-refractivity contribution in [3.8, 4) is 0 Å². The highest BCUT2D eigenvalue weighted by atomic mass is 28.4. The van der Waals surface area contributed by atoms with E-state index in [1.165, 1.54) is 0 Å². The molecule has 5 heteroatoms. The van der Waals surface area contributed by atoms with E-state index < -0.39 is 8.32 Å². The Kier molecular flexibility index (Phi) is 14.4. The highest BCUT2D eigenvalue weighted by molar-refractivity contribution is 6.77. The molecule has 4 nitrogen and oxygen atoms in total. The van der Waals surface area contributed by atoms with Crippen molar-refractivity contribution in [2.45, 2.75) is 122 Å². The van der Waals surface area contributed by atoms with Crippen LogP contribution in [0.15, 0.2) is 55.6 Å². The average Bonchev–Trinajstić information content (AvgIpc) is 2.79. The molecule has 0 aliphatic heterocycles. The molecule has 0 amide bonds. The fourth-order valence-electron chi connectivity index (χ4n) is 5.30. The second-order valence-corrected chi connectivity index (χ2v) is 16.0. The number of carbonyl (C=O) groups excluding carboxylic acids is 1. The third kappa shape index (κ3) is 10.4. The van der Waals surface area contributed by atoms with Gasteiger partial charge in [-0.25, -0.2) is 0 Å². The Morgan fingerprint density at radius 2 is 1.43 bits per heavy atom. The molecule has 1 aromatic carbocycles. The molecule has 1 unspecified atom stereocenters. The van der Waals surface area contributed by atoms with E-state index in [2.05, 4.69) is 54.7 Å². The standard InChI is InChI=1S/C30H50O4Si/c1-10-15-28(32-22-27-17-13-12-14-18-27)19-20-30(31)33-26(9)21-29(16-11-2)34-35(23(3)4,24(5)6)25(7)8/h10-14,17-18,23-26,28-29H,1-2,15-16,19-22H2,3-9H3/t26-,28?,29+/m1/s1. The van der Waals surface area contributed by atoms with Crippen LogP contribution in [-0.4, -0.2) is 32.6 Å².